The lowest BCUT2D eigenvalue weighted by atomic mass is 9.44. The van der Waals surface area contributed by atoms with Gasteiger partial charge in [0.25, 0.3) is 0 Å². The molecule has 9 atom stereocenters. The summed E-state index contributed by atoms with van der Waals surface area (Å²) in [5, 5.41) is 11.8. The number of carbonyl (C=O) groups excluding carboxylic acids is 2. The highest BCUT2D eigenvalue weighted by atomic mass is 16.9. The van der Waals surface area contributed by atoms with Gasteiger partial charge in [-0.05, 0) is 55.6 Å². The van der Waals surface area contributed by atoms with Crippen LogP contribution in [0.2, 0.25) is 0 Å². The molecule has 36 heavy (non-hydrogen) atoms. The zero-order valence-corrected chi connectivity index (χ0v) is 21.5. The molecule has 1 aliphatic heterocycles. The summed E-state index contributed by atoms with van der Waals surface area (Å²) in [6.07, 6.45) is 7.61. The summed E-state index contributed by atoms with van der Waals surface area (Å²) in [4.78, 5) is 25.9. The highest BCUT2D eigenvalue weighted by Gasteiger charge is 2.72. The van der Waals surface area contributed by atoms with Gasteiger partial charge in [-0.3, -0.25) is 9.59 Å². The number of hydrogen-bond donors (Lipinski definition) is 1. The number of Topliss-reactive ketones (excluding diaryl/α,β-unsaturated/α-hetero) is 1. The molecule has 192 valence electrons. The molecule has 6 heteroatoms. The van der Waals surface area contributed by atoms with E-state index in [1.54, 1.807) is 19.3 Å². The van der Waals surface area contributed by atoms with Crippen molar-refractivity contribution >= 4 is 11.6 Å². The van der Waals surface area contributed by atoms with Gasteiger partial charge in [0.05, 0.1) is 6.10 Å². The number of methoxy groups -OCH3 is 1. The normalized spacial score (nSPS) is 47.8. The molecule has 1 N–H and O–H groups in total. The SMILES string of the molecule is COC1(c2ccccc2)OCC(=O)[C@]2(CC[C@H]3[C@@H]4C[C@H](C)C5=CC(=O)C=C[C@]5(C)[C@H]4C(O)C[C@@]32C)O1. The molecule has 3 saturated carbocycles. The summed E-state index contributed by atoms with van der Waals surface area (Å²) in [7, 11) is 1.55. The molecule has 0 amide bonds. The molecule has 1 saturated heterocycles. The molecule has 6 rings (SSSR count). The molecule has 5 aliphatic rings. The number of aliphatic hydroxyl groups is 1. The molecular weight excluding hydrogens is 456 g/mol. The molecule has 0 bridgehead atoms. The molecule has 1 aromatic rings. The van der Waals surface area contributed by atoms with Crippen molar-refractivity contribution in [3.8, 4) is 0 Å². The van der Waals surface area contributed by atoms with Crippen molar-refractivity contribution in [1.82, 2.24) is 0 Å². The fourth-order valence-electron chi connectivity index (χ4n) is 8.96. The summed E-state index contributed by atoms with van der Waals surface area (Å²) in [5.74, 6) is -0.880. The second-order valence-corrected chi connectivity index (χ2v) is 12.0. The Kier molecular flexibility index (Phi) is 5.34. The highest BCUT2D eigenvalue weighted by molar-refractivity contribution is 6.01. The van der Waals surface area contributed by atoms with Crippen LogP contribution in [0.15, 0.2) is 54.1 Å². The number of carbonyl (C=O) groups is 2. The number of rotatable bonds is 2. The first-order valence-electron chi connectivity index (χ1n) is 13.2. The molecule has 0 aromatic heterocycles. The van der Waals surface area contributed by atoms with Gasteiger partial charge in [-0.2, -0.15) is 0 Å². The molecule has 4 fully saturated rings. The first-order valence-corrected chi connectivity index (χ1v) is 13.2. The third kappa shape index (κ3) is 2.99. The molecule has 0 radical (unpaired) electrons. The summed E-state index contributed by atoms with van der Waals surface area (Å²) in [6, 6.07) is 9.50. The van der Waals surface area contributed by atoms with Crippen molar-refractivity contribution in [2.45, 2.75) is 64.1 Å². The number of benzene rings is 1. The lowest BCUT2D eigenvalue weighted by Crippen LogP contribution is -2.67. The topological polar surface area (TPSA) is 82.1 Å². The van der Waals surface area contributed by atoms with Crippen LogP contribution < -0.4 is 0 Å². The highest BCUT2D eigenvalue weighted by Crippen LogP contribution is 2.69. The summed E-state index contributed by atoms with van der Waals surface area (Å²) in [5.41, 5.74) is -0.197. The first-order chi connectivity index (χ1) is 17.1. The van der Waals surface area contributed by atoms with Gasteiger partial charge < -0.3 is 19.3 Å². The Bertz CT molecular complexity index is 1160. The second kappa shape index (κ2) is 7.94. The number of fused-ring (bicyclic) bond motifs is 6. The standard InChI is InChI=1S/C30H36O6/c1-18-14-21-22-11-13-29(25(33)17-35-30(34-4,36-29)19-8-6-5-7-9-19)28(22,3)16-24(32)26(21)27(2)12-10-20(31)15-23(18)27/h5-10,12,15,18,21-22,24,26,32H,11,13-14,16-17H2,1-4H3/t18-,21-,22-,24?,26+,27-,28-,29-,30?/m0/s1. The van der Waals surface area contributed by atoms with Gasteiger partial charge >= 0.3 is 5.97 Å². The fraction of sp³-hybridized carbons (Fsp3) is 0.600. The molecule has 1 heterocycles. The fourth-order valence-corrected chi connectivity index (χ4v) is 8.96. The van der Waals surface area contributed by atoms with Crippen LogP contribution in [0.3, 0.4) is 0 Å². The van der Waals surface area contributed by atoms with Crippen LogP contribution >= 0.6 is 0 Å². The Balaban J connectivity index is 1.42. The van der Waals surface area contributed by atoms with Gasteiger partial charge in [0, 0.05) is 29.4 Å². The quantitative estimate of drug-likeness (QED) is 0.662. The lowest BCUT2D eigenvalue weighted by Gasteiger charge is -2.62. The van der Waals surface area contributed by atoms with Gasteiger partial charge in [0.2, 0.25) is 0 Å². The average molecular weight is 493 g/mol. The van der Waals surface area contributed by atoms with Crippen LogP contribution in [-0.2, 0) is 29.8 Å². The minimum Gasteiger partial charge on any atom is -0.393 e. The Morgan fingerprint density at radius 1 is 1.14 bits per heavy atom. The maximum absolute atomic E-state index is 13.7. The van der Waals surface area contributed by atoms with Gasteiger partial charge in [-0.25, -0.2) is 0 Å². The van der Waals surface area contributed by atoms with Crippen LogP contribution in [0.25, 0.3) is 0 Å². The van der Waals surface area contributed by atoms with Crippen LogP contribution in [0.5, 0.6) is 0 Å². The minimum absolute atomic E-state index is 0.00577. The zero-order chi connectivity index (χ0) is 25.5. The van der Waals surface area contributed by atoms with Crippen molar-refractivity contribution in [2.75, 3.05) is 13.7 Å². The van der Waals surface area contributed by atoms with Crippen molar-refractivity contribution in [3.63, 3.8) is 0 Å². The van der Waals surface area contributed by atoms with Crippen molar-refractivity contribution in [2.24, 2.45) is 34.5 Å². The van der Waals surface area contributed by atoms with E-state index in [1.165, 1.54) is 0 Å². The van der Waals surface area contributed by atoms with E-state index in [-0.39, 0.29) is 47.3 Å². The second-order valence-electron chi connectivity index (χ2n) is 12.0. The van der Waals surface area contributed by atoms with E-state index in [0.29, 0.717) is 18.4 Å². The average Bonchev–Trinajstić information content (AvgIpc) is 3.14. The number of ether oxygens (including phenoxy) is 3. The van der Waals surface area contributed by atoms with E-state index in [9.17, 15) is 14.7 Å². The van der Waals surface area contributed by atoms with Gasteiger partial charge in [0.1, 0.15) is 12.2 Å². The van der Waals surface area contributed by atoms with Gasteiger partial charge in [-0.1, -0.05) is 62.8 Å². The molecule has 1 spiro atoms. The predicted molar refractivity (Wildman–Crippen MR) is 132 cm³/mol. The molecule has 6 nitrogen and oxygen atoms in total. The summed E-state index contributed by atoms with van der Waals surface area (Å²) in [6.45, 7) is 6.41. The molecule has 4 aliphatic carbocycles. The van der Waals surface area contributed by atoms with Crippen LogP contribution in [0, 0.1) is 34.5 Å². The van der Waals surface area contributed by atoms with Gasteiger partial charge in [0.15, 0.2) is 11.6 Å². The van der Waals surface area contributed by atoms with Crippen LogP contribution in [0.1, 0.15) is 52.0 Å². The minimum atomic E-state index is -1.47. The Morgan fingerprint density at radius 3 is 2.61 bits per heavy atom. The number of hydrogen-bond acceptors (Lipinski definition) is 6. The maximum Gasteiger partial charge on any atom is 0.313 e. The smallest absolute Gasteiger partial charge is 0.313 e. The number of ketones is 2. The van der Waals surface area contributed by atoms with Crippen molar-refractivity contribution in [1.29, 1.82) is 0 Å². The number of allylic oxidation sites excluding steroid dienone is 4. The Morgan fingerprint density at radius 2 is 1.89 bits per heavy atom. The Labute approximate surface area is 212 Å². The number of aliphatic hydroxyl groups excluding tert-OH is 1. The van der Waals surface area contributed by atoms with E-state index in [0.717, 1.165) is 18.4 Å². The zero-order valence-electron chi connectivity index (χ0n) is 21.5. The summed E-state index contributed by atoms with van der Waals surface area (Å²) < 4.78 is 18.6. The lowest BCUT2D eigenvalue weighted by molar-refractivity contribution is -0.435. The van der Waals surface area contributed by atoms with E-state index in [2.05, 4.69) is 20.8 Å². The molecule has 2 unspecified atom stereocenters. The predicted octanol–water partition coefficient (Wildman–Crippen LogP) is 4.32. The monoisotopic (exact) mass is 492 g/mol. The largest absolute Gasteiger partial charge is 0.393 e. The third-order valence-corrected chi connectivity index (χ3v) is 10.5. The van der Waals surface area contributed by atoms with E-state index in [1.807, 2.05) is 36.4 Å². The van der Waals surface area contributed by atoms with E-state index >= 15 is 0 Å². The molecule has 1 aromatic carbocycles. The van der Waals surface area contributed by atoms with Crippen molar-refractivity contribution < 1.29 is 28.9 Å². The van der Waals surface area contributed by atoms with Crippen LogP contribution in [0.4, 0.5) is 0 Å². The molecular formula is C30H36O6. The van der Waals surface area contributed by atoms with E-state index < -0.39 is 23.1 Å². The van der Waals surface area contributed by atoms with Crippen molar-refractivity contribution in [3.05, 3.63) is 59.7 Å². The van der Waals surface area contributed by atoms with Gasteiger partial charge in [-0.15, -0.1) is 0 Å². The van der Waals surface area contributed by atoms with E-state index in [4.69, 9.17) is 14.2 Å². The summed E-state index contributed by atoms with van der Waals surface area (Å²) >= 11 is 0. The van der Waals surface area contributed by atoms with Crippen LogP contribution in [-0.4, -0.2) is 42.1 Å². The Hall–Kier alpha value is -2.12. The third-order valence-electron chi connectivity index (χ3n) is 10.5. The maximum atomic E-state index is 13.7. The first kappa shape index (κ1) is 24.2.